The highest BCUT2D eigenvalue weighted by Gasteiger charge is 2.49. The topological polar surface area (TPSA) is 172 Å². The van der Waals surface area contributed by atoms with Crippen molar-refractivity contribution < 1.29 is 41.9 Å². The quantitative estimate of drug-likeness (QED) is 0.103. The number of fused-ring (bicyclic) bond motifs is 1. The minimum atomic E-state index is -4.11. The van der Waals surface area contributed by atoms with Gasteiger partial charge in [0.2, 0.25) is 0 Å². The largest absolute Gasteiger partial charge is 0.513 e. The molecule has 1 saturated carbocycles. The van der Waals surface area contributed by atoms with Gasteiger partial charge in [0.25, 0.3) is 5.69 Å². The van der Waals surface area contributed by atoms with Crippen LogP contribution in [0, 0.1) is 27.9 Å². The van der Waals surface area contributed by atoms with Crippen molar-refractivity contribution in [3.63, 3.8) is 0 Å². The molecule has 14 heteroatoms. The molecule has 0 heterocycles. The van der Waals surface area contributed by atoms with E-state index in [2.05, 4.69) is 16.9 Å². The Morgan fingerprint density at radius 1 is 1.00 bits per heavy atom. The molecule has 1 aromatic rings. The van der Waals surface area contributed by atoms with E-state index in [0.717, 1.165) is 25.7 Å². The SMILES string of the molecule is O=C(NS(=O)(=O)NCCOCCOC(=O)Oc1ccc([N+](=O)[O-])cc1)OCC1[C@H]2CC/C=C\CC[C@@H]12. The highest BCUT2D eigenvalue weighted by molar-refractivity contribution is 7.88. The average Bonchev–Trinajstić information content (AvgIpc) is 3.45. The maximum Gasteiger partial charge on any atom is 0.513 e. The molecule has 1 amide bonds. The van der Waals surface area contributed by atoms with Crippen molar-refractivity contribution in [3.05, 3.63) is 46.5 Å². The summed E-state index contributed by atoms with van der Waals surface area (Å²) in [5.41, 5.74) is -0.147. The third-order valence-corrected chi connectivity index (χ3v) is 6.89. The Hall–Kier alpha value is -3.23. The molecular formula is C22H29N3O10S. The van der Waals surface area contributed by atoms with E-state index in [1.165, 1.54) is 24.3 Å². The maximum absolute atomic E-state index is 11.9. The molecule has 0 aliphatic heterocycles. The molecule has 2 N–H and O–H groups in total. The molecule has 13 nitrogen and oxygen atoms in total. The number of nitrogens with zero attached hydrogens (tertiary/aromatic N) is 1. The van der Waals surface area contributed by atoms with Gasteiger partial charge < -0.3 is 18.9 Å². The molecule has 0 spiro atoms. The Kier molecular flexibility index (Phi) is 10.0. The van der Waals surface area contributed by atoms with Crippen LogP contribution in [0.1, 0.15) is 25.7 Å². The normalized spacial score (nSPS) is 21.7. The minimum absolute atomic E-state index is 0.0359. The van der Waals surface area contributed by atoms with Gasteiger partial charge in [0.1, 0.15) is 12.4 Å². The summed E-state index contributed by atoms with van der Waals surface area (Å²) in [5, 5.41) is 10.6. The zero-order valence-electron chi connectivity index (χ0n) is 19.5. The molecule has 36 heavy (non-hydrogen) atoms. The Balaban J connectivity index is 1.21. The van der Waals surface area contributed by atoms with Crippen LogP contribution in [-0.2, 0) is 24.4 Å². The van der Waals surface area contributed by atoms with Crippen LogP contribution in [0.25, 0.3) is 0 Å². The van der Waals surface area contributed by atoms with Gasteiger partial charge in [0.15, 0.2) is 0 Å². The van der Waals surface area contributed by atoms with Crippen molar-refractivity contribution in [2.75, 3.05) is 33.0 Å². The highest BCUT2D eigenvalue weighted by Crippen LogP contribution is 2.52. The number of hydrogen-bond donors (Lipinski definition) is 2. The third kappa shape index (κ3) is 9.09. The van der Waals surface area contributed by atoms with E-state index in [9.17, 15) is 28.1 Å². The number of amides is 1. The molecule has 3 atom stereocenters. The molecule has 3 rings (SSSR count). The predicted octanol–water partition coefficient (Wildman–Crippen LogP) is 2.68. The summed E-state index contributed by atoms with van der Waals surface area (Å²) in [6, 6.07) is 4.87. The second-order valence-electron chi connectivity index (χ2n) is 8.28. The van der Waals surface area contributed by atoms with Gasteiger partial charge >= 0.3 is 22.5 Å². The number of ether oxygens (including phenoxy) is 4. The van der Waals surface area contributed by atoms with Gasteiger partial charge in [-0.25, -0.2) is 14.3 Å². The number of non-ortho nitro benzene ring substituents is 1. The average molecular weight is 528 g/mol. The molecular weight excluding hydrogens is 498 g/mol. The molecule has 2 aliphatic rings. The number of rotatable bonds is 12. The highest BCUT2D eigenvalue weighted by atomic mass is 32.2. The van der Waals surface area contributed by atoms with Crippen LogP contribution < -0.4 is 14.2 Å². The Labute approximate surface area is 208 Å². The zero-order chi connectivity index (χ0) is 26.0. The molecule has 0 saturated heterocycles. The Morgan fingerprint density at radius 2 is 1.67 bits per heavy atom. The van der Waals surface area contributed by atoms with Gasteiger partial charge in [-0.3, -0.25) is 10.1 Å². The van der Waals surface area contributed by atoms with Gasteiger partial charge in [0.05, 0.1) is 24.7 Å². The summed E-state index contributed by atoms with van der Waals surface area (Å²) in [5.74, 6) is 1.42. The predicted molar refractivity (Wildman–Crippen MR) is 125 cm³/mol. The fourth-order valence-corrected chi connectivity index (χ4v) is 4.79. The first-order valence-corrected chi connectivity index (χ1v) is 13.0. The minimum Gasteiger partial charge on any atom is -0.449 e. The number of nitro groups is 1. The van der Waals surface area contributed by atoms with E-state index in [0.29, 0.717) is 11.8 Å². The summed E-state index contributed by atoms with van der Waals surface area (Å²) in [6.45, 7) is -0.174. The lowest BCUT2D eigenvalue weighted by Crippen LogP contribution is -2.42. The molecule has 0 aromatic heterocycles. The standard InChI is InChI=1S/C22H29N3O10S/c26-21(34-15-20-18-5-3-1-2-4-6-19(18)20)24-36(30,31)23-11-12-32-13-14-33-22(27)35-17-9-7-16(8-10-17)25(28)29/h1-2,7-10,18-20,23H,3-6,11-15H2,(H,24,26)/b2-1-/t18-,19+,20?. The van der Waals surface area contributed by atoms with E-state index in [-0.39, 0.29) is 50.3 Å². The van der Waals surface area contributed by atoms with Gasteiger partial charge in [0, 0.05) is 18.7 Å². The molecule has 198 valence electrons. The van der Waals surface area contributed by atoms with E-state index < -0.39 is 27.4 Å². The van der Waals surface area contributed by atoms with Crippen LogP contribution in [0.5, 0.6) is 5.75 Å². The lowest BCUT2D eigenvalue weighted by molar-refractivity contribution is -0.384. The van der Waals surface area contributed by atoms with E-state index in [1.54, 1.807) is 4.72 Å². The van der Waals surface area contributed by atoms with Gasteiger partial charge in [-0.1, -0.05) is 12.2 Å². The lowest BCUT2D eigenvalue weighted by Gasteiger charge is -2.10. The summed E-state index contributed by atoms with van der Waals surface area (Å²) >= 11 is 0. The van der Waals surface area contributed by atoms with E-state index in [4.69, 9.17) is 18.9 Å². The third-order valence-electron chi connectivity index (χ3n) is 5.87. The molecule has 1 fully saturated rings. The Bertz CT molecular complexity index is 1030. The number of hydrogen-bond acceptors (Lipinski definition) is 10. The van der Waals surface area contributed by atoms with Crippen LogP contribution in [0.2, 0.25) is 0 Å². The first-order valence-electron chi connectivity index (χ1n) is 11.5. The summed E-state index contributed by atoms with van der Waals surface area (Å²) in [7, 11) is -4.11. The monoisotopic (exact) mass is 527 g/mol. The number of carbonyl (C=O) groups is 2. The van der Waals surface area contributed by atoms with Crippen LogP contribution in [-0.4, -0.2) is 58.6 Å². The van der Waals surface area contributed by atoms with Crippen molar-refractivity contribution in [1.82, 2.24) is 9.44 Å². The number of nitrogens with one attached hydrogen (secondary N) is 2. The van der Waals surface area contributed by atoms with Crippen molar-refractivity contribution >= 4 is 28.1 Å². The molecule has 0 radical (unpaired) electrons. The van der Waals surface area contributed by atoms with Crippen LogP contribution >= 0.6 is 0 Å². The van der Waals surface area contributed by atoms with Crippen LogP contribution in [0.3, 0.4) is 0 Å². The smallest absolute Gasteiger partial charge is 0.449 e. The van der Waals surface area contributed by atoms with Crippen molar-refractivity contribution in [2.24, 2.45) is 17.8 Å². The molecule has 0 bridgehead atoms. The number of allylic oxidation sites excluding steroid dienone is 2. The summed E-state index contributed by atoms with van der Waals surface area (Å²) in [4.78, 5) is 33.4. The second-order valence-corrected chi connectivity index (χ2v) is 9.78. The molecule has 1 aromatic carbocycles. The lowest BCUT2D eigenvalue weighted by atomic mass is 10.1. The van der Waals surface area contributed by atoms with Crippen molar-refractivity contribution in [2.45, 2.75) is 25.7 Å². The summed E-state index contributed by atoms with van der Waals surface area (Å²) in [6.07, 6.45) is 6.44. The number of nitro benzene ring substituents is 1. The van der Waals surface area contributed by atoms with Crippen molar-refractivity contribution in [3.8, 4) is 5.75 Å². The van der Waals surface area contributed by atoms with Gasteiger partial charge in [-0.2, -0.15) is 13.1 Å². The summed E-state index contributed by atoms with van der Waals surface area (Å²) < 4.78 is 47.7. The second kappa shape index (κ2) is 13.2. The first kappa shape index (κ1) is 27.4. The molecule has 1 unspecified atom stereocenters. The fourth-order valence-electron chi connectivity index (χ4n) is 4.08. The van der Waals surface area contributed by atoms with E-state index >= 15 is 0 Å². The fraction of sp³-hybridized carbons (Fsp3) is 0.545. The van der Waals surface area contributed by atoms with Gasteiger partial charge in [-0.05, 0) is 55.6 Å². The van der Waals surface area contributed by atoms with Crippen molar-refractivity contribution in [1.29, 1.82) is 0 Å². The molecule has 2 aliphatic carbocycles. The Morgan fingerprint density at radius 3 is 2.31 bits per heavy atom. The van der Waals surface area contributed by atoms with Crippen LogP contribution in [0.4, 0.5) is 15.3 Å². The first-order chi connectivity index (χ1) is 17.2. The van der Waals surface area contributed by atoms with E-state index in [1.807, 2.05) is 0 Å². The number of benzene rings is 1. The zero-order valence-corrected chi connectivity index (χ0v) is 20.3. The maximum atomic E-state index is 11.9. The van der Waals surface area contributed by atoms with Crippen LogP contribution in [0.15, 0.2) is 36.4 Å². The van der Waals surface area contributed by atoms with Gasteiger partial charge in [-0.15, -0.1) is 0 Å². The number of carbonyl (C=O) groups excluding carboxylic acids is 2.